The van der Waals surface area contributed by atoms with Gasteiger partial charge < -0.3 is 20.1 Å². The van der Waals surface area contributed by atoms with Crippen LogP contribution in [0, 0.1) is 0 Å². The number of aromatic nitrogens is 1. The number of hydrogen-bond donors (Lipinski definition) is 2. The molecule has 156 valence electrons. The number of fused-ring (bicyclic) bond motifs is 1. The lowest BCUT2D eigenvalue weighted by atomic mass is 10.2. The second-order valence-corrected chi connectivity index (χ2v) is 7.49. The molecule has 1 fully saturated rings. The Morgan fingerprint density at radius 1 is 1.11 bits per heavy atom. The molecule has 1 atom stereocenters. The summed E-state index contributed by atoms with van der Waals surface area (Å²) in [6.07, 6.45) is 3.24. The van der Waals surface area contributed by atoms with Crippen molar-refractivity contribution in [3.8, 4) is 0 Å². The predicted molar refractivity (Wildman–Crippen MR) is 130 cm³/mol. The molecular weight excluding hydrogens is 463 g/mol. The van der Waals surface area contributed by atoms with Crippen LogP contribution in [0.25, 0.3) is 10.9 Å². The van der Waals surface area contributed by atoms with Crippen LogP contribution in [0.15, 0.2) is 41.5 Å². The first kappa shape index (κ1) is 23.0. The number of nitrogens with zero attached hydrogens (tertiary/aromatic N) is 4. The van der Waals surface area contributed by atoms with Crippen LogP contribution in [0.4, 0.5) is 0 Å². The minimum absolute atomic E-state index is 0. The Bertz CT molecular complexity index is 735. The van der Waals surface area contributed by atoms with E-state index in [0.29, 0.717) is 6.04 Å². The van der Waals surface area contributed by atoms with E-state index in [4.69, 9.17) is 0 Å². The number of aryl methyl sites for hydroxylation is 1. The summed E-state index contributed by atoms with van der Waals surface area (Å²) >= 11 is 0. The third-order valence-electron chi connectivity index (χ3n) is 5.50. The van der Waals surface area contributed by atoms with Gasteiger partial charge in [-0.1, -0.05) is 18.2 Å². The Morgan fingerprint density at radius 2 is 1.86 bits per heavy atom. The zero-order valence-electron chi connectivity index (χ0n) is 17.4. The number of nitrogens with one attached hydrogen (secondary N) is 2. The number of benzene rings is 1. The molecule has 2 heterocycles. The SMILES string of the molecule is CN=C(NCCCn1ccc2ccccc21)NCC(C)N1CCN(C)CC1.I. The highest BCUT2D eigenvalue weighted by Crippen LogP contribution is 2.15. The summed E-state index contributed by atoms with van der Waals surface area (Å²) in [6, 6.07) is 11.2. The fourth-order valence-corrected chi connectivity index (χ4v) is 3.65. The van der Waals surface area contributed by atoms with Crippen molar-refractivity contribution in [2.24, 2.45) is 4.99 Å². The third-order valence-corrected chi connectivity index (χ3v) is 5.50. The van der Waals surface area contributed by atoms with E-state index in [2.05, 4.69) is 80.5 Å². The van der Waals surface area contributed by atoms with Gasteiger partial charge in [-0.15, -0.1) is 24.0 Å². The number of rotatable bonds is 7. The van der Waals surface area contributed by atoms with Crippen LogP contribution in [-0.2, 0) is 6.54 Å². The molecule has 0 radical (unpaired) electrons. The van der Waals surface area contributed by atoms with Crippen LogP contribution >= 0.6 is 24.0 Å². The zero-order valence-corrected chi connectivity index (χ0v) is 19.7. The Morgan fingerprint density at radius 3 is 2.61 bits per heavy atom. The predicted octanol–water partition coefficient (Wildman–Crippen LogP) is 2.45. The average Bonchev–Trinajstić information content (AvgIpc) is 3.11. The Kier molecular flexibility index (Phi) is 9.53. The molecule has 0 aliphatic carbocycles. The van der Waals surface area contributed by atoms with Crippen molar-refractivity contribution in [2.75, 3.05) is 53.4 Å². The number of likely N-dealkylation sites (N-methyl/N-ethyl adjacent to an activating group) is 1. The average molecular weight is 498 g/mol. The second kappa shape index (κ2) is 11.6. The molecule has 0 saturated carbocycles. The maximum absolute atomic E-state index is 4.36. The van der Waals surface area contributed by atoms with E-state index in [1.165, 1.54) is 10.9 Å². The summed E-state index contributed by atoms with van der Waals surface area (Å²) in [5.41, 5.74) is 1.31. The highest BCUT2D eigenvalue weighted by molar-refractivity contribution is 14.0. The van der Waals surface area contributed by atoms with Gasteiger partial charge in [0, 0.05) is 70.6 Å². The molecule has 0 amide bonds. The first-order valence-electron chi connectivity index (χ1n) is 10.1. The van der Waals surface area contributed by atoms with Gasteiger partial charge in [-0.3, -0.25) is 9.89 Å². The van der Waals surface area contributed by atoms with Gasteiger partial charge in [-0.25, -0.2) is 0 Å². The minimum Gasteiger partial charge on any atom is -0.356 e. The molecule has 1 aliphatic rings. The summed E-state index contributed by atoms with van der Waals surface area (Å²) in [7, 11) is 4.04. The molecule has 28 heavy (non-hydrogen) atoms. The van der Waals surface area contributed by atoms with E-state index in [-0.39, 0.29) is 24.0 Å². The lowest BCUT2D eigenvalue weighted by Crippen LogP contribution is -2.52. The number of halogens is 1. The summed E-state index contributed by atoms with van der Waals surface area (Å²) < 4.78 is 2.32. The second-order valence-electron chi connectivity index (χ2n) is 7.49. The molecule has 0 spiro atoms. The number of para-hydroxylation sites is 1. The Hall–Kier alpha value is -1.32. The van der Waals surface area contributed by atoms with Gasteiger partial charge in [0.25, 0.3) is 0 Å². The van der Waals surface area contributed by atoms with Crippen molar-refractivity contribution in [1.82, 2.24) is 25.0 Å². The highest BCUT2D eigenvalue weighted by Gasteiger charge is 2.18. The maximum atomic E-state index is 4.36. The lowest BCUT2D eigenvalue weighted by molar-refractivity contribution is 0.120. The van der Waals surface area contributed by atoms with Gasteiger partial charge in [-0.2, -0.15) is 0 Å². The van der Waals surface area contributed by atoms with E-state index in [1.807, 2.05) is 7.05 Å². The van der Waals surface area contributed by atoms with Crippen LogP contribution < -0.4 is 10.6 Å². The number of hydrogen-bond acceptors (Lipinski definition) is 3. The lowest BCUT2D eigenvalue weighted by Gasteiger charge is -2.36. The minimum atomic E-state index is 0. The quantitative estimate of drug-likeness (QED) is 0.267. The van der Waals surface area contributed by atoms with Crippen molar-refractivity contribution in [3.05, 3.63) is 36.5 Å². The van der Waals surface area contributed by atoms with Gasteiger partial charge in [-0.05, 0) is 37.9 Å². The normalized spacial score (nSPS) is 17.3. The van der Waals surface area contributed by atoms with Crippen LogP contribution in [-0.4, -0.2) is 79.7 Å². The highest BCUT2D eigenvalue weighted by atomic mass is 127. The van der Waals surface area contributed by atoms with Gasteiger partial charge in [0.15, 0.2) is 5.96 Å². The molecule has 2 N–H and O–H groups in total. The van der Waals surface area contributed by atoms with Gasteiger partial charge in [0.05, 0.1) is 0 Å². The van der Waals surface area contributed by atoms with Gasteiger partial charge >= 0.3 is 0 Å². The smallest absolute Gasteiger partial charge is 0.191 e. The monoisotopic (exact) mass is 498 g/mol. The van der Waals surface area contributed by atoms with Gasteiger partial charge in [0.2, 0.25) is 0 Å². The van der Waals surface area contributed by atoms with E-state index in [0.717, 1.165) is 58.2 Å². The molecule has 6 nitrogen and oxygen atoms in total. The summed E-state index contributed by atoms with van der Waals surface area (Å²) in [6.45, 7) is 9.75. The zero-order chi connectivity index (χ0) is 19.1. The van der Waals surface area contributed by atoms with Crippen molar-refractivity contribution in [2.45, 2.75) is 25.9 Å². The molecule has 0 bridgehead atoms. The van der Waals surface area contributed by atoms with Crippen molar-refractivity contribution in [3.63, 3.8) is 0 Å². The van der Waals surface area contributed by atoms with Crippen LogP contribution in [0.3, 0.4) is 0 Å². The molecule has 1 aromatic heterocycles. The molecule has 7 heteroatoms. The number of guanidine groups is 1. The first-order chi connectivity index (χ1) is 13.2. The first-order valence-corrected chi connectivity index (χ1v) is 10.1. The summed E-state index contributed by atoms with van der Waals surface area (Å²) in [5.74, 6) is 0.897. The molecule has 1 saturated heterocycles. The van der Waals surface area contributed by atoms with Crippen molar-refractivity contribution in [1.29, 1.82) is 0 Å². The molecule has 1 aromatic carbocycles. The third kappa shape index (κ3) is 6.35. The fraction of sp³-hybridized carbons (Fsp3) is 0.571. The topological polar surface area (TPSA) is 47.8 Å². The summed E-state index contributed by atoms with van der Waals surface area (Å²) in [4.78, 5) is 9.31. The van der Waals surface area contributed by atoms with E-state index in [9.17, 15) is 0 Å². The molecule has 1 unspecified atom stereocenters. The molecule has 3 rings (SSSR count). The van der Waals surface area contributed by atoms with E-state index >= 15 is 0 Å². The van der Waals surface area contributed by atoms with Crippen LogP contribution in [0.5, 0.6) is 0 Å². The van der Waals surface area contributed by atoms with Crippen molar-refractivity contribution < 1.29 is 0 Å². The van der Waals surface area contributed by atoms with Crippen LogP contribution in [0.2, 0.25) is 0 Å². The fourth-order valence-electron chi connectivity index (χ4n) is 3.65. The number of aliphatic imine (C=N–C) groups is 1. The molecule has 1 aliphatic heterocycles. The summed E-state index contributed by atoms with van der Waals surface area (Å²) in [5, 5.41) is 8.23. The van der Waals surface area contributed by atoms with E-state index in [1.54, 1.807) is 0 Å². The van der Waals surface area contributed by atoms with Gasteiger partial charge in [0.1, 0.15) is 0 Å². The maximum Gasteiger partial charge on any atom is 0.191 e. The van der Waals surface area contributed by atoms with Crippen molar-refractivity contribution >= 4 is 40.8 Å². The number of piperazine rings is 1. The molecular formula is C21H35IN6. The van der Waals surface area contributed by atoms with Crippen LogP contribution in [0.1, 0.15) is 13.3 Å². The Labute approximate surface area is 186 Å². The molecule has 2 aromatic rings. The largest absolute Gasteiger partial charge is 0.356 e. The Balaban J connectivity index is 0.00000280. The standard InChI is InChI=1S/C21H34N6.HI/c1-18(26-15-13-25(3)14-16-26)17-24-21(22-2)23-10-6-11-27-12-9-19-7-4-5-8-20(19)27;/h4-5,7-9,12,18H,6,10-11,13-17H2,1-3H3,(H2,22,23,24);1H. The van der Waals surface area contributed by atoms with E-state index < -0.39 is 0 Å².